The Hall–Kier alpha value is -3.26. The van der Waals surface area contributed by atoms with E-state index < -0.39 is 0 Å². The van der Waals surface area contributed by atoms with E-state index in [1.807, 2.05) is 48.1 Å². The van der Waals surface area contributed by atoms with Crippen LogP contribution < -0.4 is 10.6 Å². The number of hydrogen-bond acceptors (Lipinski definition) is 5. The highest BCUT2D eigenvalue weighted by Gasteiger charge is 2.21. The number of hydrogen-bond donors (Lipinski definition) is 2. The number of nitrogens with one attached hydrogen (secondary N) is 2. The summed E-state index contributed by atoms with van der Waals surface area (Å²) >= 11 is 0. The van der Waals surface area contributed by atoms with Gasteiger partial charge in [-0.25, -0.2) is 9.48 Å². The Labute approximate surface area is 182 Å². The largest absolute Gasteiger partial charge is 0.338 e. The van der Waals surface area contributed by atoms with Gasteiger partial charge in [-0.15, -0.1) is 5.10 Å². The highest BCUT2D eigenvalue weighted by atomic mass is 16.2. The molecule has 0 atom stereocenters. The fourth-order valence-electron chi connectivity index (χ4n) is 4.01. The fourth-order valence-corrected chi connectivity index (χ4v) is 4.01. The molecule has 1 aliphatic heterocycles. The normalized spacial score (nSPS) is 15.0. The van der Waals surface area contributed by atoms with Gasteiger partial charge in [0.2, 0.25) is 0 Å². The number of urea groups is 1. The Morgan fingerprint density at radius 1 is 1.10 bits per heavy atom. The molecule has 2 amide bonds. The van der Waals surface area contributed by atoms with Crippen molar-refractivity contribution < 1.29 is 4.79 Å². The van der Waals surface area contributed by atoms with Crippen molar-refractivity contribution in [3.63, 3.8) is 0 Å². The van der Waals surface area contributed by atoms with Gasteiger partial charge in [0, 0.05) is 25.0 Å². The van der Waals surface area contributed by atoms with E-state index in [-0.39, 0.29) is 6.03 Å². The van der Waals surface area contributed by atoms with E-state index in [9.17, 15) is 4.79 Å². The zero-order chi connectivity index (χ0) is 21.5. The van der Waals surface area contributed by atoms with Crippen LogP contribution in [-0.4, -0.2) is 50.5 Å². The van der Waals surface area contributed by atoms with Crippen molar-refractivity contribution in [2.45, 2.75) is 38.8 Å². The number of rotatable bonds is 7. The summed E-state index contributed by atoms with van der Waals surface area (Å²) in [5.74, 6) is 0.507. The van der Waals surface area contributed by atoms with Crippen LogP contribution >= 0.6 is 0 Å². The van der Waals surface area contributed by atoms with Gasteiger partial charge in [-0.2, -0.15) is 0 Å². The molecule has 0 saturated carbocycles. The topological polar surface area (TPSA) is 88.0 Å². The molecule has 0 radical (unpaired) electrons. The lowest BCUT2D eigenvalue weighted by Crippen LogP contribution is -2.32. The van der Waals surface area contributed by atoms with Crippen molar-refractivity contribution in [3.8, 4) is 0 Å². The maximum atomic E-state index is 11.8. The third-order valence-corrected chi connectivity index (χ3v) is 5.56. The van der Waals surface area contributed by atoms with E-state index >= 15 is 0 Å². The van der Waals surface area contributed by atoms with E-state index in [1.165, 1.54) is 5.56 Å². The first-order chi connectivity index (χ1) is 15.2. The van der Waals surface area contributed by atoms with Gasteiger partial charge in [0.05, 0.1) is 24.1 Å². The molecule has 31 heavy (non-hydrogen) atoms. The monoisotopic (exact) mass is 419 g/mol. The summed E-state index contributed by atoms with van der Waals surface area (Å²) in [5.41, 5.74) is 4.09. The first-order valence-corrected chi connectivity index (χ1v) is 10.9. The number of amides is 2. The summed E-state index contributed by atoms with van der Waals surface area (Å²) < 4.78 is 1.84. The van der Waals surface area contributed by atoms with Crippen molar-refractivity contribution in [2.75, 3.05) is 25.0 Å². The van der Waals surface area contributed by atoms with Crippen molar-refractivity contribution >= 4 is 11.7 Å². The number of likely N-dealkylation sites (tertiary alicyclic amines) is 1. The van der Waals surface area contributed by atoms with Gasteiger partial charge < -0.3 is 10.6 Å². The van der Waals surface area contributed by atoms with Crippen LogP contribution in [0.4, 0.5) is 10.5 Å². The molecule has 162 valence electrons. The van der Waals surface area contributed by atoms with Crippen LogP contribution in [0.2, 0.25) is 0 Å². The summed E-state index contributed by atoms with van der Waals surface area (Å²) in [6.45, 7) is 6.01. The van der Waals surface area contributed by atoms with Gasteiger partial charge in [-0.05, 0) is 68.6 Å². The number of anilines is 1. The lowest BCUT2D eigenvalue weighted by molar-refractivity contribution is 0.202. The second-order valence-corrected chi connectivity index (χ2v) is 7.89. The molecule has 1 aromatic carbocycles. The van der Waals surface area contributed by atoms with Crippen LogP contribution in [0.15, 0.2) is 54.9 Å². The maximum absolute atomic E-state index is 11.8. The van der Waals surface area contributed by atoms with Crippen molar-refractivity contribution in [2.24, 2.45) is 0 Å². The molecule has 3 aromatic rings. The number of carbonyl (C=O) groups is 1. The minimum atomic E-state index is -0.162. The first kappa shape index (κ1) is 21.0. The molecule has 0 spiro atoms. The highest BCUT2D eigenvalue weighted by molar-refractivity contribution is 5.89. The molecular weight excluding hydrogens is 390 g/mol. The smallest absolute Gasteiger partial charge is 0.319 e. The number of carbonyl (C=O) groups excluding carboxylic acids is 1. The van der Waals surface area contributed by atoms with E-state index in [0.717, 1.165) is 49.6 Å². The van der Waals surface area contributed by atoms with Gasteiger partial charge in [0.25, 0.3) is 0 Å². The standard InChI is InChI=1S/C23H29N7O/c1-2-24-23(31)26-20-8-5-6-19(14-20)18-9-12-29(13-10-18)15-22-17-30(28-27-22)16-21-7-3-4-11-25-21/h3-8,11,14,17-18H,2,9-10,12-13,15-16H2,1H3,(H2,24,26,31). The molecule has 1 fully saturated rings. The summed E-state index contributed by atoms with van der Waals surface area (Å²) in [7, 11) is 0. The van der Waals surface area contributed by atoms with E-state index in [4.69, 9.17) is 0 Å². The number of aromatic nitrogens is 4. The quantitative estimate of drug-likeness (QED) is 0.614. The molecule has 0 aliphatic carbocycles. The number of pyridine rings is 1. The van der Waals surface area contributed by atoms with Crippen LogP contribution in [0, 0.1) is 0 Å². The predicted octanol–water partition coefficient (Wildman–Crippen LogP) is 3.24. The lowest BCUT2D eigenvalue weighted by Gasteiger charge is -2.31. The van der Waals surface area contributed by atoms with Crippen LogP contribution in [0.5, 0.6) is 0 Å². The SMILES string of the molecule is CCNC(=O)Nc1cccc(C2CCN(Cc3cn(Cc4ccccn4)nn3)CC2)c1. The Bertz CT molecular complexity index is 980. The van der Waals surface area contributed by atoms with Crippen molar-refractivity contribution in [1.29, 1.82) is 0 Å². The first-order valence-electron chi connectivity index (χ1n) is 10.9. The molecule has 0 unspecified atom stereocenters. The van der Waals surface area contributed by atoms with Crippen LogP contribution in [0.25, 0.3) is 0 Å². The molecule has 0 bridgehead atoms. The molecule has 4 rings (SSSR count). The zero-order valence-corrected chi connectivity index (χ0v) is 17.9. The lowest BCUT2D eigenvalue weighted by atomic mass is 9.89. The van der Waals surface area contributed by atoms with E-state index in [0.29, 0.717) is 19.0 Å². The van der Waals surface area contributed by atoms with Gasteiger partial charge in [-0.3, -0.25) is 9.88 Å². The molecular formula is C23H29N7O. The summed E-state index contributed by atoms with van der Waals surface area (Å²) in [6, 6.07) is 13.9. The molecule has 8 nitrogen and oxygen atoms in total. The van der Waals surface area contributed by atoms with Gasteiger partial charge in [-0.1, -0.05) is 23.4 Å². The number of nitrogens with zero attached hydrogens (tertiary/aromatic N) is 5. The Kier molecular flexibility index (Phi) is 6.89. The second kappa shape index (κ2) is 10.2. The third-order valence-electron chi connectivity index (χ3n) is 5.56. The molecule has 1 saturated heterocycles. The predicted molar refractivity (Wildman–Crippen MR) is 120 cm³/mol. The van der Waals surface area contributed by atoms with Crippen LogP contribution in [-0.2, 0) is 13.1 Å². The van der Waals surface area contributed by atoms with Gasteiger partial charge in [0.1, 0.15) is 0 Å². The zero-order valence-electron chi connectivity index (χ0n) is 17.9. The van der Waals surface area contributed by atoms with E-state index in [1.54, 1.807) is 6.20 Å². The Balaban J connectivity index is 1.28. The van der Waals surface area contributed by atoms with Crippen molar-refractivity contribution in [1.82, 2.24) is 30.2 Å². The maximum Gasteiger partial charge on any atom is 0.319 e. The average Bonchev–Trinajstić information content (AvgIpc) is 3.22. The van der Waals surface area contributed by atoms with E-state index in [2.05, 4.69) is 43.0 Å². The summed E-state index contributed by atoms with van der Waals surface area (Å²) in [5, 5.41) is 14.2. The average molecular weight is 420 g/mol. The molecule has 2 aromatic heterocycles. The molecule has 3 heterocycles. The number of benzene rings is 1. The highest BCUT2D eigenvalue weighted by Crippen LogP contribution is 2.30. The number of piperidine rings is 1. The summed E-state index contributed by atoms with van der Waals surface area (Å²) in [6.07, 6.45) is 5.99. The molecule has 2 N–H and O–H groups in total. The minimum absolute atomic E-state index is 0.162. The fraction of sp³-hybridized carbons (Fsp3) is 0.391. The molecule has 1 aliphatic rings. The Morgan fingerprint density at radius 2 is 1.97 bits per heavy atom. The molecule has 8 heteroatoms. The second-order valence-electron chi connectivity index (χ2n) is 7.89. The summed E-state index contributed by atoms with van der Waals surface area (Å²) in [4.78, 5) is 18.6. The van der Waals surface area contributed by atoms with Crippen molar-refractivity contribution in [3.05, 3.63) is 71.8 Å². The third kappa shape index (κ3) is 5.88. The minimum Gasteiger partial charge on any atom is -0.338 e. The van der Waals surface area contributed by atoms with Crippen LogP contribution in [0.3, 0.4) is 0 Å². The van der Waals surface area contributed by atoms with Gasteiger partial charge >= 0.3 is 6.03 Å². The Morgan fingerprint density at radius 3 is 2.74 bits per heavy atom. The van der Waals surface area contributed by atoms with Crippen LogP contribution in [0.1, 0.15) is 42.6 Å². The van der Waals surface area contributed by atoms with Gasteiger partial charge in [0.15, 0.2) is 0 Å².